The lowest BCUT2D eigenvalue weighted by atomic mass is 9.94. The highest BCUT2D eigenvalue weighted by atomic mass is 32.2. The highest BCUT2D eigenvalue weighted by Gasteiger charge is 2.81. The quantitative estimate of drug-likeness (QED) is 0.750. The second-order valence-corrected chi connectivity index (χ2v) is 7.05. The summed E-state index contributed by atoms with van der Waals surface area (Å²) < 4.78 is 5.64. The molecular formula is C14H16O2S. The van der Waals surface area contributed by atoms with Gasteiger partial charge in [0.1, 0.15) is 0 Å². The van der Waals surface area contributed by atoms with E-state index < -0.39 is 4.93 Å². The number of hydrogen-bond acceptors (Lipinski definition) is 3. The average Bonchev–Trinajstić information content (AvgIpc) is 2.82. The number of hydrogen-bond donors (Lipinski definition) is 0. The zero-order chi connectivity index (χ0) is 12.3. The van der Waals surface area contributed by atoms with E-state index in [1.165, 1.54) is 0 Å². The molecule has 1 aromatic carbocycles. The molecule has 3 rings (SSSR count). The van der Waals surface area contributed by atoms with E-state index in [0.29, 0.717) is 0 Å². The maximum absolute atomic E-state index is 11.9. The van der Waals surface area contributed by atoms with Gasteiger partial charge in [-0.25, -0.2) is 0 Å². The standard InChI is InChI=1S/C14H16O2S/c1-12-9-13(12,2)14(3,16-11(12)15)17-10-7-5-4-6-8-10/h4-8H,9H2,1-3H3. The van der Waals surface area contributed by atoms with E-state index >= 15 is 0 Å². The minimum absolute atomic E-state index is 0.0302. The van der Waals surface area contributed by atoms with Crippen LogP contribution in [-0.4, -0.2) is 10.9 Å². The fourth-order valence-corrected chi connectivity index (χ4v) is 4.25. The molecule has 3 unspecified atom stereocenters. The number of thioether (sulfide) groups is 1. The second-order valence-electron chi connectivity index (χ2n) is 5.59. The van der Waals surface area contributed by atoms with Gasteiger partial charge < -0.3 is 4.74 Å². The third-order valence-corrected chi connectivity index (χ3v) is 6.03. The Morgan fingerprint density at radius 3 is 2.29 bits per heavy atom. The highest BCUT2D eigenvalue weighted by Crippen LogP contribution is 2.77. The molecule has 17 heavy (non-hydrogen) atoms. The molecular weight excluding hydrogens is 232 g/mol. The van der Waals surface area contributed by atoms with Gasteiger partial charge in [0.2, 0.25) is 0 Å². The summed E-state index contributed by atoms with van der Waals surface area (Å²) in [5.41, 5.74) is -0.291. The van der Waals surface area contributed by atoms with Crippen LogP contribution in [0.5, 0.6) is 0 Å². The number of ether oxygens (including phenoxy) is 1. The van der Waals surface area contributed by atoms with Crippen molar-refractivity contribution >= 4 is 17.7 Å². The van der Waals surface area contributed by atoms with Crippen molar-refractivity contribution in [3.8, 4) is 0 Å². The van der Waals surface area contributed by atoms with Crippen LogP contribution in [0, 0.1) is 10.8 Å². The first-order valence-corrected chi connectivity index (χ1v) is 6.70. The van der Waals surface area contributed by atoms with Gasteiger partial charge in [0.25, 0.3) is 0 Å². The second kappa shape index (κ2) is 3.08. The van der Waals surface area contributed by atoms with Crippen molar-refractivity contribution in [1.29, 1.82) is 0 Å². The van der Waals surface area contributed by atoms with E-state index in [-0.39, 0.29) is 16.8 Å². The Bertz CT molecular complexity index is 486. The van der Waals surface area contributed by atoms with Gasteiger partial charge in [-0.1, -0.05) is 36.9 Å². The van der Waals surface area contributed by atoms with Gasteiger partial charge in [0.05, 0.1) is 5.41 Å². The molecule has 2 fully saturated rings. The van der Waals surface area contributed by atoms with E-state index in [4.69, 9.17) is 4.74 Å². The number of benzene rings is 1. The molecule has 3 atom stereocenters. The van der Waals surface area contributed by atoms with Crippen molar-refractivity contribution in [3.05, 3.63) is 30.3 Å². The Hall–Kier alpha value is -0.960. The summed E-state index contributed by atoms with van der Waals surface area (Å²) in [7, 11) is 0. The SMILES string of the molecule is CC1(Sc2ccccc2)OC(=O)C2(C)CC12C. The van der Waals surface area contributed by atoms with Crippen molar-refractivity contribution in [2.75, 3.05) is 0 Å². The molecule has 0 aromatic heterocycles. The molecule has 1 aliphatic carbocycles. The monoisotopic (exact) mass is 248 g/mol. The fourth-order valence-electron chi connectivity index (χ4n) is 2.87. The molecule has 0 bridgehead atoms. The number of carbonyl (C=O) groups is 1. The normalized spacial score (nSPS) is 43.1. The molecule has 0 amide bonds. The van der Waals surface area contributed by atoms with Gasteiger partial charge in [-0.15, -0.1) is 0 Å². The Morgan fingerprint density at radius 1 is 1.18 bits per heavy atom. The van der Waals surface area contributed by atoms with Crippen LogP contribution < -0.4 is 0 Å². The summed E-state index contributed by atoms with van der Waals surface area (Å²) in [6.07, 6.45) is 0.940. The molecule has 3 heteroatoms. The van der Waals surface area contributed by atoms with E-state index in [1.54, 1.807) is 11.8 Å². The molecule has 1 heterocycles. The van der Waals surface area contributed by atoms with Crippen LogP contribution in [0.3, 0.4) is 0 Å². The molecule has 1 aliphatic heterocycles. The van der Waals surface area contributed by atoms with Crippen LogP contribution in [0.2, 0.25) is 0 Å². The Labute approximate surface area is 106 Å². The minimum Gasteiger partial charge on any atom is -0.447 e. The molecule has 1 aromatic rings. The highest BCUT2D eigenvalue weighted by molar-refractivity contribution is 8.00. The van der Waals surface area contributed by atoms with E-state index in [0.717, 1.165) is 11.3 Å². The zero-order valence-electron chi connectivity index (χ0n) is 10.3. The molecule has 0 radical (unpaired) electrons. The Kier molecular flexibility index (Phi) is 2.02. The molecule has 2 nitrogen and oxygen atoms in total. The van der Waals surface area contributed by atoms with Crippen LogP contribution in [0.4, 0.5) is 0 Å². The minimum atomic E-state index is -0.430. The van der Waals surface area contributed by atoms with Gasteiger partial charge in [-0.2, -0.15) is 0 Å². The number of rotatable bonds is 2. The largest absolute Gasteiger partial charge is 0.447 e. The van der Waals surface area contributed by atoms with Crippen molar-refractivity contribution in [2.45, 2.75) is 37.0 Å². The number of cyclic esters (lactones) is 1. The molecule has 2 aliphatic rings. The van der Waals surface area contributed by atoms with Crippen LogP contribution in [0.15, 0.2) is 35.2 Å². The molecule has 90 valence electrons. The molecule has 0 N–H and O–H groups in total. The predicted molar refractivity (Wildman–Crippen MR) is 67.6 cm³/mol. The number of fused-ring (bicyclic) bond motifs is 1. The van der Waals surface area contributed by atoms with Crippen molar-refractivity contribution < 1.29 is 9.53 Å². The van der Waals surface area contributed by atoms with E-state index in [2.05, 4.69) is 19.1 Å². The van der Waals surface area contributed by atoms with Crippen LogP contribution in [0.1, 0.15) is 27.2 Å². The van der Waals surface area contributed by atoms with E-state index in [9.17, 15) is 4.79 Å². The first-order valence-electron chi connectivity index (χ1n) is 5.89. The Morgan fingerprint density at radius 2 is 1.82 bits per heavy atom. The topological polar surface area (TPSA) is 26.3 Å². The lowest BCUT2D eigenvalue weighted by molar-refractivity contribution is -0.149. The van der Waals surface area contributed by atoms with Gasteiger partial charge >= 0.3 is 5.97 Å². The van der Waals surface area contributed by atoms with Gasteiger partial charge in [-0.3, -0.25) is 4.79 Å². The number of carbonyl (C=O) groups excluding carboxylic acids is 1. The lowest BCUT2D eigenvalue weighted by Gasteiger charge is -2.30. The Balaban J connectivity index is 1.92. The van der Waals surface area contributed by atoms with Crippen molar-refractivity contribution in [2.24, 2.45) is 10.8 Å². The third-order valence-electron chi connectivity index (χ3n) is 4.60. The smallest absolute Gasteiger partial charge is 0.313 e. The van der Waals surface area contributed by atoms with Crippen molar-refractivity contribution in [1.82, 2.24) is 0 Å². The summed E-state index contributed by atoms with van der Waals surface area (Å²) in [4.78, 5) is 12.6. The molecule has 1 saturated heterocycles. The average molecular weight is 248 g/mol. The first kappa shape index (κ1) is 11.1. The van der Waals surface area contributed by atoms with Gasteiger partial charge in [-0.05, 0) is 32.4 Å². The molecule has 1 saturated carbocycles. The van der Waals surface area contributed by atoms with Gasteiger partial charge in [0.15, 0.2) is 4.93 Å². The first-order chi connectivity index (χ1) is 7.91. The summed E-state index contributed by atoms with van der Waals surface area (Å²) in [5, 5.41) is 0. The lowest BCUT2D eigenvalue weighted by Crippen LogP contribution is -2.30. The summed E-state index contributed by atoms with van der Waals surface area (Å²) >= 11 is 1.66. The number of esters is 1. The fraction of sp³-hybridized carbons (Fsp3) is 0.500. The maximum Gasteiger partial charge on any atom is 0.313 e. The van der Waals surface area contributed by atoms with Crippen LogP contribution >= 0.6 is 11.8 Å². The third kappa shape index (κ3) is 1.26. The maximum atomic E-state index is 11.9. The zero-order valence-corrected chi connectivity index (χ0v) is 11.1. The summed E-state index contributed by atoms with van der Waals surface area (Å²) in [6, 6.07) is 10.1. The van der Waals surface area contributed by atoms with Crippen molar-refractivity contribution in [3.63, 3.8) is 0 Å². The predicted octanol–water partition coefficient (Wildman–Crippen LogP) is 3.47. The molecule has 0 spiro atoms. The van der Waals surface area contributed by atoms with Gasteiger partial charge in [0, 0.05) is 10.3 Å². The van der Waals surface area contributed by atoms with Crippen LogP contribution in [-0.2, 0) is 9.53 Å². The van der Waals surface area contributed by atoms with E-state index in [1.807, 2.05) is 32.0 Å². The summed E-state index contributed by atoms with van der Waals surface area (Å²) in [5.74, 6) is -0.0362. The van der Waals surface area contributed by atoms with Crippen LogP contribution in [0.25, 0.3) is 0 Å². The summed E-state index contributed by atoms with van der Waals surface area (Å²) in [6.45, 7) is 6.22.